The second-order valence-electron chi connectivity index (χ2n) is 6.33. The van der Waals surface area contributed by atoms with E-state index in [2.05, 4.69) is 10.6 Å². The van der Waals surface area contributed by atoms with Gasteiger partial charge in [0.1, 0.15) is 0 Å². The van der Waals surface area contributed by atoms with Crippen molar-refractivity contribution >= 4 is 0 Å². The van der Waals surface area contributed by atoms with Gasteiger partial charge in [-0.2, -0.15) is 0 Å². The summed E-state index contributed by atoms with van der Waals surface area (Å²) in [6.07, 6.45) is 9.64. The van der Waals surface area contributed by atoms with Crippen LogP contribution < -0.4 is 16.4 Å². The number of nitrogens with two attached hydrogens (primary N) is 1. The predicted octanol–water partition coefficient (Wildman–Crippen LogP) is 1.23. The number of piperidine rings is 2. The summed E-state index contributed by atoms with van der Waals surface area (Å²) in [5.41, 5.74) is 6.42. The summed E-state index contributed by atoms with van der Waals surface area (Å²) in [6.45, 7) is 2.28. The first-order chi connectivity index (χ1) is 8.34. The lowest BCUT2D eigenvalue weighted by Gasteiger charge is -2.47. The normalized spacial score (nSPS) is 44.3. The molecule has 2 heterocycles. The Morgan fingerprint density at radius 3 is 2.59 bits per heavy atom. The van der Waals surface area contributed by atoms with E-state index in [1.54, 1.807) is 0 Å². The minimum atomic E-state index is 0.440. The van der Waals surface area contributed by atoms with Gasteiger partial charge in [-0.3, -0.25) is 0 Å². The summed E-state index contributed by atoms with van der Waals surface area (Å²) in [5, 5.41) is 7.42. The van der Waals surface area contributed by atoms with Gasteiger partial charge in [-0.15, -0.1) is 0 Å². The lowest BCUT2D eigenvalue weighted by atomic mass is 9.73. The number of hydrogen-bond donors (Lipinski definition) is 3. The molecular formula is C14H27N3. The molecule has 0 spiro atoms. The molecule has 3 rings (SSSR count). The number of rotatable bonds is 1. The van der Waals surface area contributed by atoms with Crippen LogP contribution in [-0.4, -0.2) is 31.2 Å². The Morgan fingerprint density at radius 2 is 1.76 bits per heavy atom. The summed E-state index contributed by atoms with van der Waals surface area (Å²) in [7, 11) is 0. The molecule has 4 atom stereocenters. The van der Waals surface area contributed by atoms with E-state index in [-0.39, 0.29) is 0 Å². The van der Waals surface area contributed by atoms with Crippen molar-refractivity contribution in [1.82, 2.24) is 10.6 Å². The second-order valence-corrected chi connectivity index (χ2v) is 6.33. The van der Waals surface area contributed by atoms with Crippen molar-refractivity contribution in [2.45, 2.75) is 63.1 Å². The Hall–Kier alpha value is -0.120. The van der Waals surface area contributed by atoms with E-state index < -0.39 is 0 Å². The third-order valence-corrected chi connectivity index (χ3v) is 5.26. The maximum atomic E-state index is 6.42. The Bertz CT molecular complexity index is 250. The monoisotopic (exact) mass is 237 g/mol. The summed E-state index contributed by atoms with van der Waals surface area (Å²) < 4.78 is 0. The molecule has 2 saturated heterocycles. The molecule has 98 valence electrons. The van der Waals surface area contributed by atoms with Gasteiger partial charge in [0.05, 0.1) is 0 Å². The van der Waals surface area contributed by atoms with E-state index >= 15 is 0 Å². The van der Waals surface area contributed by atoms with Crippen LogP contribution in [0.15, 0.2) is 0 Å². The molecule has 3 nitrogen and oxygen atoms in total. The van der Waals surface area contributed by atoms with E-state index in [1.807, 2.05) is 0 Å². The number of hydrogen-bond acceptors (Lipinski definition) is 3. The minimum Gasteiger partial charge on any atom is -0.327 e. The van der Waals surface area contributed by atoms with Crippen LogP contribution in [0.25, 0.3) is 0 Å². The maximum absolute atomic E-state index is 6.42. The molecule has 4 unspecified atom stereocenters. The van der Waals surface area contributed by atoms with E-state index in [4.69, 9.17) is 5.73 Å². The molecule has 17 heavy (non-hydrogen) atoms. The first-order valence-corrected chi connectivity index (χ1v) is 7.57. The van der Waals surface area contributed by atoms with E-state index in [9.17, 15) is 0 Å². The summed E-state index contributed by atoms with van der Waals surface area (Å²) in [4.78, 5) is 0. The molecule has 0 aromatic carbocycles. The predicted molar refractivity (Wildman–Crippen MR) is 70.9 cm³/mol. The maximum Gasteiger partial charge on any atom is 0.0238 e. The fourth-order valence-corrected chi connectivity index (χ4v) is 4.25. The van der Waals surface area contributed by atoms with Gasteiger partial charge in [0.25, 0.3) is 0 Å². The fourth-order valence-electron chi connectivity index (χ4n) is 4.25. The first-order valence-electron chi connectivity index (χ1n) is 7.57. The van der Waals surface area contributed by atoms with Crippen LogP contribution in [0.2, 0.25) is 0 Å². The van der Waals surface area contributed by atoms with Gasteiger partial charge < -0.3 is 16.4 Å². The molecule has 3 fully saturated rings. The van der Waals surface area contributed by atoms with E-state index in [0.29, 0.717) is 18.1 Å². The summed E-state index contributed by atoms with van der Waals surface area (Å²) in [5.74, 6) is 1.62. The summed E-state index contributed by atoms with van der Waals surface area (Å²) >= 11 is 0. The highest BCUT2D eigenvalue weighted by molar-refractivity contribution is 4.99. The zero-order valence-corrected chi connectivity index (χ0v) is 10.8. The molecule has 4 N–H and O–H groups in total. The van der Waals surface area contributed by atoms with Gasteiger partial charge in [0, 0.05) is 24.7 Å². The Labute approximate surface area is 105 Å². The molecular weight excluding hydrogens is 210 g/mol. The molecule has 0 aromatic rings. The highest BCUT2D eigenvalue weighted by Gasteiger charge is 2.39. The SMILES string of the molecule is NC1CC(C2CCCCC2)NC2CNCCC12. The van der Waals surface area contributed by atoms with Crippen molar-refractivity contribution in [2.75, 3.05) is 13.1 Å². The second kappa shape index (κ2) is 5.25. The third-order valence-electron chi connectivity index (χ3n) is 5.26. The van der Waals surface area contributed by atoms with Gasteiger partial charge in [-0.25, -0.2) is 0 Å². The zero-order chi connectivity index (χ0) is 11.7. The first kappa shape index (κ1) is 11.9. The Kier molecular flexibility index (Phi) is 3.69. The van der Waals surface area contributed by atoms with E-state index in [1.165, 1.54) is 44.9 Å². The van der Waals surface area contributed by atoms with Crippen molar-refractivity contribution in [3.63, 3.8) is 0 Å². The Morgan fingerprint density at radius 1 is 0.941 bits per heavy atom. The molecule has 0 radical (unpaired) electrons. The van der Waals surface area contributed by atoms with Crippen molar-refractivity contribution in [3.05, 3.63) is 0 Å². The van der Waals surface area contributed by atoms with Crippen LogP contribution in [0, 0.1) is 11.8 Å². The molecule has 0 amide bonds. The lowest BCUT2D eigenvalue weighted by molar-refractivity contribution is 0.120. The third kappa shape index (κ3) is 2.51. The molecule has 3 heteroatoms. The average molecular weight is 237 g/mol. The van der Waals surface area contributed by atoms with Crippen LogP contribution >= 0.6 is 0 Å². The molecule has 1 saturated carbocycles. The molecule has 0 aromatic heterocycles. The smallest absolute Gasteiger partial charge is 0.0238 e. The molecule has 3 aliphatic rings. The molecule has 2 aliphatic heterocycles. The Balaban J connectivity index is 1.63. The highest BCUT2D eigenvalue weighted by Crippen LogP contribution is 2.33. The fraction of sp³-hybridized carbons (Fsp3) is 1.00. The lowest BCUT2D eigenvalue weighted by Crippen LogP contribution is -2.63. The highest BCUT2D eigenvalue weighted by atomic mass is 15.1. The van der Waals surface area contributed by atoms with E-state index in [0.717, 1.165) is 24.9 Å². The number of fused-ring (bicyclic) bond motifs is 1. The van der Waals surface area contributed by atoms with Crippen LogP contribution in [-0.2, 0) is 0 Å². The standard InChI is InChI=1S/C14H27N3/c15-12-8-13(10-4-2-1-3-5-10)17-14-9-16-7-6-11(12)14/h10-14,16-17H,1-9,15H2. The van der Waals surface area contributed by atoms with Crippen molar-refractivity contribution < 1.29 is 0 Å². The largest absolute Gasteiger partial charge is 0.327 e. The van der Waals surface area contributed by atoms with Crippen molar-refractivity contribution in [3.8, 4) is 0 Å². The quantitative estimate of drug-likeness (QED) is 0.643. The average Bonchev–Trinajstić information content (AvgIpc) is 2.40. The number of nitrogens with one attached hydrogen (secondary N) is 2. The van der Waals surface area contributed by atoms with Gasteiger partial charge in [-0.1, -0.05) is 19.3 Å². The van der Waals surface area contributed by atoms with Crippen LogP contribution in [0.5, 0.6) is 0 Å². The summed E-state index contributed by atoms with van der Waals surface area (Å²) in [6, 6.07) is 1.78. The van der Waals surface area contributed by atoms with Gasteiger partial charge in [-0.05, 0) is 44.1 Å². The van der Waals surface area contributed by atoms with Crippen LogP contribution in [0.3, 0.4) is 0 Å². The zero-order valence-electron chi connectivity index (χ0n) is 10.8. The van der Waals surface area contributed by atoms with Gasteiger partial charge >= 0.3 is 0 Å². The molecule has 1 aliphatic carbocycles. The van der Waals surface area contributed by atoms with Crippen molar-refractivity contribution in [2.24, 2.45) is 17.6 Å². The van der Waals surface area contributed by atoms with Crippen LogP contribution in [0.1, 0.15) is 44.9 Å². The molecule has 0 bridgehead atoms. The van der Waals surface area contributed by atoms with Gasteiger partial charge in [0.2, 0.25) is 0 Å². The van der Waals surface area contributed by atoms with Crippen LogP contribution in [0.4, 0.5) is 0 Å². The topological polar surface area (TPSA) is 50.1 Å². The van der Waals surface area contributed by atoms with Crippen molar-refractivity contribution in [1.29, 1.82) is 0 Å². The minimum absolute atomic E-state index is 0.440. The van der Waals surface area contributed by atoms with Gasteiger partial charge in [0.15, 0.2) is 0 Å².